The molecule has 0 aromatic heterocycles. The molecule has 0 saturated carbocycles. The molecule has 2 heterocycles. The summed E-state index contributed by atoms with van der Waals surface area (Å²) < 4.78 is 0. The SMILES string of the molecule is CN(C)C(=O)N1CCC(NCC(O)CN2CCCC2)CC1. The van der Waals surface area contributed by atoms with Crippen LogP contribution in [0.2, 0.25) is 0 Å². The van der Waals surface area contributed by atoms with Gasteiger partial charge >= 0.3 is 6.03 Å². The van der Waals surface area contributed by atoms with Gasteiger partial charge in [0.25, 0.3) is 0 Å². The van der Waals surface area contributed by atoms with Crippen LogP contribution in [0.15, 0.2) is 0 Å². The number of hydrogen-bond acceptors (Lipinski definition) is 4. The Kier molecular flexibility index (Phi) is 6.26. The van der Waals surface area contributed by atoms with E-state index in [0.29, 0.717) is 12.6 Å². The van der Waals surface area contributed by atoms with E-state index in [1.165, 1.54) is 12.8 Å². The van der Waals surface area contributed by atoms with E-state index in [-0.39, 0.29) is 12.1 Å². The Balaban J connectivity index is 1.61. The summed E-state index contributed by atoms with van der Waals surface area (Å²) in [6.07, 6.45) is 4.17. The fourth-order valence-corrected chi connectivity index (χ4v) is 3.19. The van der Waals surface area contributed by atoms with E-state index in [0.717, 1.165) is 45.6 Å². The minimum absolute atomic E-state index is 0.0996. The number of aliphatic hydroxyl groups is 1. The normalized spacial score (nSPS) is 22.5. The van der Waals surface area contributed by atoms with Crippen molar-refractivity contribution in [3.8, 4) is 0 Å². The second-order valence-electron chi connectivity index (χ2n) is 6.51. The molecule has 0 aromatic carbocycles. The van der Waals surface area contributed by atoms with Gasteiger partial charge in [-0.1, -0.05) is 0 Å². The Hall–Kier alpha value is -0.850. The number of nitrogens with one attached hydrogen (secondary N) is 1. The maximum Gasteiger partial charge on any atom is 0.319 e. The van der Waals surface area contributed by atoms with Crippen molar-refractivity contribution in [3.63, 3.8) is 0 Å². The fourth-order valence-electron chi connectivity index (χ4n) is 3.19. The first-order valence-electron chi connectivity index (χ1n) is 8.16. The molecule has 2 amide bonds. The third-order valence-corrected chi connectivity index (χ3v) is 4.46. The van der Waals surface area contributed by atoms with Crippen LogP contribution < -0.4 is 5.32 Å². The van der Waals surface area contributed by atoms with Crippen LogP contribution in [0.3, 0.4) is 0 Å². The van der Waals surface area contributed by atoms with E-state index in [1.807, 2.05) is 4.90 Å². The summed E-state index contributed by atoms with van der Waals surface area (Å²) in [6, 6.07) is 0.520. The lowest BCUT2D eigenvalue weighted by atomic mass is 10.1. The molecule has 21 heavy (non-hydrogen) atoms. The zero-order valence-electron chi connectivity index (χ0n) is 13.4. The summed E-state index contributed by atoms with van der Waals surface area (Å²) in [7, 11) is 3.59. The summed E-state index contributed by atoms with van der Waals surface area (Å²) in [5.41, 5.74) is 0. The second-order valence-corrected chi connectivity index (χ2v) is 6.51. The largest absolute Gasteiger partial charge is 0.390 e. The maximum atomic E-state index is 11.8. The third-order valence-electron chi connectivity index (χ3n) is 4.46. The number of carbonyl (C=O) groups is 1. The molecule has 2 saturated heterocycles. The lowest BCUT2D eigenvalue weighted by Crippen LogP contribution is -2.49. The molecule has 122 valence electrons. The van der Waals surface area contributed by atoms with Crippen LogP contribution in [-0.4, -0.2) is 91.3 Å². The minimum atomic E-state index is -0.287. The van der Waals surface area contributed by atoms with Crippen LogP contribution in [0.4, 0.5) is 4.79 Å². The van der Waals surface area contributed by atoms with Crippen LogP contribution in [0.5, 0.6) is 0 Å². The number of amides is 2. The van der Waals surface area contributed by atoms with Gasteiger partial charge in [0.05, 0.1) is 6.10 Å². The first-order valence-corrected chi connectivity index (χ1v) is 8.16. The Morgan fingerprint density at radius 2 is 1.86 bits per heavy atom. The number of nitrogens with zero attached hydrogens (tertiary/aromatic N) is 3. The van der Waals surface area contributed by atoms with Crippen molar-refractivity contribution in [1.82, 2.24) is 20.0 Å². The zero-order chi connectivity index (χ0) is 15.2. The number of rotatable bonds is 5. The maximum absolute atomic E-state index is 11.8. The molecule has 0 bridgehead atoms. The van der Waals surface area contributed by atoms with E-state index in [2.05, 4.69) is 10.2 Å². The zero-order valence-corrected chi connectivity index (χ0v) is 13.4. The van der Waals surface area contributed by atoms with E-state index < -0.39 is 0 Å². The van der Waals surface area contributed by atoms with Crippen LogP contribution in [-0.2, 0) is 0 Å². The van der Waals surface area contributed by atoms with Gasteiger partial charge in [0.2, 0.25) is 0 Å². The van der Waals surface area contributed by atoms with Crippen LogP contribution >= 0.6 is 0 Å². The molecule has 1 unspecified atom stereocenters. The summed E-state index contributed by atoms with van der Waals surface area (Å²) >= 11 is 0. The summed E-state index contributed by atoms with van der Waals surface area (Å²) in [5.74, 6) is 0. The van der Waals surface area contributed by atoms with Crippen molar-refractivity contribution in [1.29, 1.82) is 0 Å². The van der Waals surface area contributed by atoms with Crippen molar-refractivity contribution in [2.45, 2.75) is 37.8 Å². The van der Waals surface area contributed by atoms with Gasteiger partial charge in [0.1, 0.15) is 0 Å². The smallest absolute Gasteiger partial charge is 0.319 e. The molecule has 2 aliphatic heterocycles. The first-order chi connectivity index (χ1) is 10.1. The number of β-amino-alcohol motifs (C(OH)–C–C–N with tert-alkyl or cyclic N) is 1. The highest BCUT2D eigenvalue weighted by Gasteiger charge is 2.24. The van der Waals surface area contributed by atoms with Gasteiger partial charge in [0.15, 0.2) is 0 Å². The number of hydrogen-bond donors (Lipinski definition) is 2. The van der Waals surface area contributed by atoms with Crippen molar-refractivity contribution in [3.05, 3.63) is 0 Å². The molecule has 2 fully saturated rings. The second kappa shape index (κ2) is 7.96. The minimum Gasteiger partial charge on any atom is -0.390 e. The van der Waals surface area contributed by atoms with Gasteiger partial charge < -0.3 is 25.1 Å². The molecule has 2 N–H and O–H groups in total. The van der Waals surface area contributed by atoms with Crippen LogP contribution in [0, 0.1) is 0 Å². The average molecular weight is 298 g/mol. The highest BCUT2D eigenvalue weighted by Crippen LogP contribution is 2.12. The molecule has 2 rings (SSSR count). The van der Waals surface area contributed by atoms with Crippen LogP contribution in [0.25, 0.3) is 0 Å². The standard InChI is InChI=1S/C15H30N4O2/c1-17(2)15(21)19-9-5-13(6-10-19)16-11-14(20)12-18-7-3-4-8-18/h13-14,16,20H,3-12H2,1-2H3. The monoisotopic (exact) mass is 298 g/mol. The van der Waals surface area contributed by atoms with Gasteiger partial charge in [-0.05, 0) is 38.8 Å². The summed E-state index contributed by atoms with van der Waals surface area (Å²) in [4.78, 5) is 17.7. The van der Waals surface area contributed by atoms with Gasteiger partial charge in [0, 0.05) is 46.3 Å². The lowest BCUT2D eigenvalue weighted by Gasteiger charge is -2.34. The number of carbonyl (C=O) groups excluding carboxylic acids is 1. The molecule has 0 radical (unpaired) electrons. The molecule has 6 nitrogen and oxygen atoms in total. The topological polar surface area (TPSA) is 59.1 Å². The van der Waals surface area contributed by atoms with Crippen molar-refractivity contribution in [2.24, 2.45) is 0 Å². The molecule has 1 atom stereocenters. The highest BCUT2D eigenvalue weighted by atomic mass is 16.3. The number of piperidine rings is 1. The van der Waals surface area contributed by atoms with Gasteiger partial charge in [-0.15, -0.1) is 0 Å². The number of likely N-dealkylation sites (tertiary alicyclic amines) is 2. The lowest BCUT2D eigenvalue weighted by molar-refractivity contribution is 0.113. The van der Waals surface area contributed by atoms with E-state index >= 15 is 0 Å². The van der Waals surface area contributed by atoms with E-state index in [9.17, 15) is 9.90 Å². The fraction of sp³-hybridized carbons (Fsp3) is 0.933. The predicted molar refractivity (Wildman–Crippen MR) is 83.4 cm³/mol. The molecule has 6 heteroatoms. The van der Waals surface area contributed by atoms with Gasteiger partial charge in [-0.2, -0.15) is 0 Å². The Morgan fingerprint density at radius 3 is 2.43 bits per heavy atom. The third kappa shape index (κ3) is 5.13. The van der Waals surface area contributed by atoms with E-state index in [4.69, 9.17) is 0 Å². The van der Waals surface area contributed by atoms with E-state index in [1.54, 1.807) is 19.0 Å². The Morgan fingerprint density at radius 1 is 1.24 bits per heavy atom. The first kappa shape index (κ1) is 16.5. The van der Waals surface area contributed by atoms with Crippen molar-refractivity contribution >= 4 is 6.03 Å². The molecule has 2 aliphatic rings. The van der Waals surface area contributed by atoms with Crippen LogP contribution in [0.1, 0.15) is 25.7 Å². The van der Waals surface area contributed by atoms with Crippen molar-refractivity contribution < 1.29 is 9.90 Å². The number of urea groups is 1. The predicted octanol–water partition coefficient (Wildman–Crippen LogP) is 0.179. The quantitative estimate of drug-likeness (QED) is 0.760. The van der Waals surface area contributed by atoms with Crippen molar-refractivity contribution in [2.75, 3.05) is 53.4 Å². The molecule has 0 spiro atoms. The average Bonchev–Trinajstić information content (AvgIpc) is 2.97. The van der Waals surface area contributed by atoms with Gasteiger partial charge in [-0.25, -0.2) is 4.79 Å². The summed E-state index contributed by atoms with van der Waals surface area (Å²) in [6.45, 7) is 5.30. The molecule has 0 aromatic rings. The summed E-state index contributed by atoms with van der Waals surface area (Å²) in [5, 5.41) is 13.5. The molecular formula is C15H30N4O2. The number of aliphatic hydroxyl groups excluding tert-OH is 1. The van der Waals surface area contributed by atoms with Gasteiger partial charge in [-0.3, -0.25) is 0 Å². The Labute approximate surface area is 128 Å². The Bertz CT molecular complexity index is 324. The molecular weight excluding hydrogens is 268 g/mol. The molecule has 0 aliphatic carbocycles. The highest BCUT2D eigenvalue weighted by molar-refractivity contribution is 5.73.